The van der Waals surface area contributed by atoms with Crippen LogP contribution in [0.4, 0.5) is 14.6 Å². The molecule has 0 fully saturated rings. The molecular weight excluding hydrogens is 414 g/mol. The summed E-state index contributed by atoms with van der Waals surface area (Å²) in [6.07, 6.45) is -2.93. The van der Waals surface area contributed by atoms with E-state index >= 15 is 0 Å². The number of hydrogen-bond donors (Lipinski definition) is 1. The van der Waals surface area contributed by atoms with E-state index in [9.17, 15) is 22.3 Å². The van der Waals surface area contributed by atoms with Crippen molar-refractivity contribution < 1.29 is 31.8 Å². The molecule has 1 aliphatic heterocycles. The molecule has 152 valence electrons. The quantitative estimate of drug-likeness (QED) is 0.676. The fourth-order valence-electron chi connectivity index (χ4n) is 2.74. The van der Waals surface area contributed by atoms with Crippen molar-refractivity contribution in [3.05, 3.63) is 40.3 Å². The zero-order chi connectivity index (χ0) is 20.5. The predicted molar refractivity (Wildman–Crippen MR) is 102 cm³/mol. The standard InChI is InChI=1S/C17H18F2N2O5S2/c1-10-5-3-4-6-11(10)15-13(22)14-16(20-17(27-14)26-8-7-25-2)21(9-12(18)19)28(15,23)24/h3-6,12,22H,7-9H2,1-2H3. The summed E-state index contributed by atoms with van der Waals surface area (Å²) in [5, 5.41) is 10.8. The molecule has 0 saturated heterocycles. The van der Waals surface area contributed by atoms with Gasteiger partial charge in [-0.2, -0.15) is 4.98 Å². The van der Waals surface area contributed by atoms with Gasteiger partial charge in [0, 0.05) is 12.7 Å². The van der Waals surface area contributed by atoms with Crippen LogP contribution in [0, 0.1) is 6.92 Å². The Morgan fingerprint density at radius 3 is 2.64 bits per heavy atom. The number of aromatic nitrogens is 1. The van der Waals surface area contributed by atoms with Crippen LogP contribution in [0.1, 0.15) is 16.0 Å². The minimum atomic E-state index is -4.46. The van der Waals surface area contributed by atoms with Gasteiger partial charge in [-0.3, -0.25) is 0 Å². The largest absolute Gasteiger partial charge is 0.505 e. The van der Waals surface area contributed by atoms with Gasteiger partial charge in [0.05, 0.1) is 13.2 Å². The molecule has 1 aromatic carbocycles. The third kappa shape index (κ3) is 3.69. The second-order valence-corrected chi connectivity index (χ2v) is 8.65. The number of alkyl halides is 2. The van der Waals surface area contributed by atoms with E-state index in [0.29, 0.717) is 9.87 Å². The first-order valence-electron chi connectivity index (χ1n) is 8.20. The van der Waals surface area contributed by atoms with Crippen molar-refractivity contribution in [3.8, 4) is 5.19 Å². The highest BCUT2D eigenvalue weighted by molar-refractivity contribution is 8.02. The number of nitrogens with zero attached hydrogens (tertiary/aromatic N) is 2. The average Bonchev–Trinajstić information content (AvgIpc) is 3.04. The Morgan fingerprint density at radius 2 is 2.00 bits per heavy atom. The third-order valence-electron chi connectivity index (χ3n) is 4.01. The summed E-state index contributed by atoms with van der Waals surface area (Å²) in [5.41, 5.74) is 0.814. The predicted octanol–water partition coefficient (Wildman–Crippen LogP) is 3.28. The Kier molecular flexibility index (Phi) is 5.87. The van der Waals surface area contributed by atoms with Crippen LogP contribution in [-0.2, 0) is 14.8 Å². The number of thiazole rings is 1. The second-order valence-electron chi connectivity index (χ2n) is 5.89. The molecule has 0 spiro atoms. The lowest BCUT2D eigenvalue weighted by atomic mass is 10.1. The van der Waals surface area contributed by atoms with Gasteiger partial charge in [-0.05, 0) is 12.5 Å². The van der Waals surface area contributed by atoms with Crippen molar-refractivity contribution in [1.29, 1.82) is 0 Å². The van der Waals surface area contributed by atoms with Crippen LogP contribution in [0.2, 0.25) is 0 Å². The van der Waals surface area contributed by atoms with Gasteiger partial charge in [0.2, 0.25) is 0 Å². The van der Waals surface area contributed by atoms with Crippen molar-refractivity contribution >= 4 is 37.8 Å². The smallest absolute Gasteiger partial charge is 0.276 e. The van der Waals surface area contributed by atoms with E-state index < -0.39 is 33.7 Å². The lowest BCUT2D eigenvalue weighted by molar-refractivity contribution is 0.146. The van der Waals surface area contributed by atoms with Crippen molar-refractivity contribution in [2.45, 2.75) is 13.3 Å². The minimum absolute atomic E-state index is 0.0501. The summed E-state index contributed by atoms with van der Waals surface area (Å²) < 4.78 is 63.3. The van der Waals surface area contributed by atoms with Crippen LogP contribution < -0.4 is 9.04 Å². The molecule has 28 heavy (non-hydrogen) atoms. The maximum Gasteiger partial charge on any atom is 0.276 e. The number of ether oxygens (including phenoxy) is 2. The van der Waals surface area contributed by atoms with Crippen molar-refractivity contribution in [2.75, 3.05) is 31.2 Å². The zero-order valence-corrected chi connectivity index (χ0v) is 16.7. The summed E-state index contributed by atoms with van der Waals surface area (Å²) in [5.74, 6) is -0.804. The molecular formula is C17H18F2N2O5S2. The van der Waals surface area contributed by atoms with Crippen molar-refractivity contribution in [2.24, 2.45) is 0 Å². The molecule has 0 radical (unpaired) electrons. The van der Waals surface area contributed by atoms with E-state index in [-0.39, 0.29) is 34.7 Å². The highest BCUT2D eigenvalue weighted by atomic mass is 32.2. The van der Waals surface area contributed by atoms with Gasteiger partial charge < -0.3 is 14.6 Å². The molecule has 0 unspecified atom stereocenters. The van der Waals surface area contributed by atoms with E-state index in [2.05, 4.69) is 4.98 Å². The average molecular weight is 432 g/mol. The molecule has 7 nitrogen and oxygen atoms in total. The van der Waals surface area contributed by atoms with Gasteiger partial charge in [-0.1, -0.05) is 35.6 Å². The van der Waals surface area contributed by atoms with Crippen LogP contribution in [0.5, 0.6) is 5.19 Å². The number of methoxy groups -OCH3 is 1. The number of aryl methyl sites for hydroxylation is 1. The Morgan fingerprint density at radius 1 is 1.29 bits per heavy atom. The molecule has 2 aromatic rings. The zero-order valence-electron chi connectivity index (χ0n) is 15.1. The first-order valence-corrected chi connectivity index (χ1v) is 10.5. The Balaban J connectivity index is 2.18. The van der Waals surface area contributed by atoms with Crippen LogP contribution >= 0.6 is 11.3 Å². The lowest BCUT2D eigenvalue weighted by Crippen LogP contribution is -2.38. The monoisotopic (exact) mass is 432 g/mol. The normalized spacial score (nSPS) is 15.8. The molecule has 0 saturated carbocycles. The number of fused-ring (bicyclic) bond motifs is 1. The molecule has 11 heteroatoms. The first kappa shape index (κ1) is 20.5. The topological polar surface area (TPSA) is 89.0 Å². The van der Waals surface area contributed by atoms with E-state index in [1.807, 2.05) is 0 Å². The van der Waals surface area contributed by atoms with Crippen LogP contribution in [0.25, 0.3) is 10.7 Å². The molecule has 0 aliphatic carbocycles. The van der Waals surface area contributed by atoms with Crippen LogP contribution in [0.15, 0.2) is 24.3 Å². The molecule has 1 aromatic heterocycles. The number of rotatable bonds is 7. The number of anilines is 1. The first-order chi connectivity index (χ1) is 13.3. The second kappa shape index (κ2) is 8.02. The van der Waals surface area contributed by atoms with E-state index in [4.69, 9.17) is 9.47 Å². The van der Waals surface area contributed by atoms with Crippen molar-refractivity contribution in [1.82, 2.24) is 4.98 Å². The molecule has 0 bridgehead atoms. The Hall–Kier alpha value is -2.24. The molecule has 1 aliphatic rings. The van der Waals surface area contributed by atoms with E-state index in [1.165, 1.54) is 13.2 Å². The number of aliphatic hydroxyl groups is 1. The molecule has 0 amide bonds. The molecule has 2 heterocycles. The number of sulfonamides is 1. The molecule has 0 atom stereocenters. The summed E-state index contributed by atoms with van der Waals surface area (Å²) in [4.78, 5) is 3.65. The van der Waals surface area contributed by atoms with E-state index in [1.54, 1.807) is 25.1 Å². The summed E-state index contributed by atoms with van der Waals surface area (Å²) in [6.45, 7) is 0.989. The Labute approximate surface area is 164 Å². The van der Waals surface area contributed by atoms with E-state index in [0.717, 1.165) is 11.3 Å². The van der Waals surface area contributed by atoms with Gasteiger partial charge >= 0.3 is 0 Å². The Bertz CT molecular complexity index is 1000. The summed E-state index contributed by atoms with van der Waals surface area (Å²) in [7, 11) is -2.98. The van der Waals surface area contributed by atoms with Gasteiger partial charge in [-0.25, -0.2) is 21.5 Å². The SMILES string of the molecule is COCCOc1nc2c(s1)C(O)=C(c1ccccc1C)S(=O)(=O)N2CC(F)F. The fourth-order valence-corrected chi connectivity index (χ4v) is 5.50. The van der Waals surface area contributed by atoms with Gasteiger partial charge in [-0.15, -0.1) is 0 Å². The highest BCUT2D eigenvalue weighted by Crippen LogP contribution is 2.47. The number of benzene rings is 1. The van der Waals surface area contributed by atoms with Gasteiger partial charge in [0.25, 0.3) is 21.6 Å². The highest BCUT2D eigenvalue weighted by Gasteiger charge is 2.42. The number of aliphatic hydroxyl groups excluding tert-OH is 1. The molecule has 3 rings (SSSR count). The molecule has 1 N–H and O–H groups in total. The minimum Gasteiger partial charge on any atom is -0.505 e. The van der Waals surface area contributed by atoms with Crippen LogP contribution in [0.3, 0.4) is 0 Å². The lowest BCUT2D eigenvalue weighted by Gasteiger charge is -2.29. The van der Waals surface area contributed by atoms with Crippen LogP contribution in [-0.4, -0.2) is 51.8 Å². The maximum atomic E-state index is 13.2. The summed E-state index contributed by atoms with van der Waals surface area (Å²) in [6, 6.07) is 6.50. The maximum absolute atomic E-state index is 13.2. The number of hydrogen-bond acceptors (Lipinski definition) is 7. The summed E-state index contributed by atoms with van der Waals surface area (Å²) >= 11 is 0.882. The van der Waals surface area contributed by atoms with Gasteiger partial charge in [0.15, 0.2) is 11.6 Å². The third-order valence-corrected chi connectivity index (χ3v) is 6.81. The van der Waals surface area contributed by atoms with Gasteiger partial charge in [0.1, 0.15) is 16.4 Å². The van der Waals surface area contributed by atoms with Crippen molar-refractivity contribution in [3.63, 3.8) is 0 Å². The number of halogens is 2. The fraction of sp³-hybridized carbons (Fsp3) is 0.353.